The molecule has 4 rings (SSSR count). The molecule has 1 aromatic heterocycles. The van der Waals surface area contributed by atoms with E-state index in [-0.39, 0.29) is 18.6 Å². The lowest BCUT2D eigenvalue weighted by Crippen LogP contribution is -2.36. The van der Waals surface area contributed by atoms with E-state index in [1.54, 1.807) is 13.3 Å². The van der Waals surface area contributed by atoms with Crippen molar-refractivity contribution in [2.24, 2.45) is 5.92 Å². The van der Waals surface area contributed by atoms with Crippen molar-refractivity contribution < 1.29 is 60.4 Å². The van der Waals surface area contributed by atoms with Crippen molar-refractivity contribution in [2.75, 3.05) is 40.0 Å². The summed E-state index contributed by atoms with van der Waals surface area (Å²) in [6, 6.07) is 12.6. The predicted molar refractivity (Wildman–Crippen MR) is 133 cm³/mol. The number of carbonyl (C=O) groups is 3. The van der Waals surface area contributed by atoms with Crippen molar-refractivity contribution in [3.05, 3.63) is 65.5 Å². The fourth-order valence-electron chi connectivity index (χ4n) is 4.53. The number of aromatic nitrogens is 1. The Hall–Kier alpha value is -3.76. The van der Waals surface area contributed by atoms with Gasteiger partial charge in [-0.05, 0) is 22.8 Å². The number of alkyl halides is 6. The van der Waals surface area contributed by atoms with Crippen LogP contribution in [-0.4, -0.2) is 90.3 Å². The number of halogens is 6. The second-order valence-corrected chi connectivity index (χ2v) is 9.15. The number of methoxy groups -OCH3 is 1. The van der Waals surface area contributed by atoms with E-state index in [1.165, 1.54) is 16.7 Å². The van der Waals surface area contributed by atoms with Crippen LogP contribution in [0.5, 0.6) is 0 Å². The molecule has 1 aromatic carbocycles. The zero-order chi connectivity index (χ0) is 31.5. The molecule has 16 heteroatoms. The first-order valence-corrected chi connectivity index (χ1v) is 12.3. The summed E-state index contributed by atoms with van der Waals surface area (Å²) >= 11 is 0. The normalized spacial score (nSPS) is 19.4. The van der Waals surface area contributed by atoms with Crippen molar-refractivity contribution in [3.63, 3.8) is 0 Å². The van der Waals surface area contributed by atoms with Crippen LogP contribution in [0.1, 0.15) is 28.7 Å². The molecule has 1 aliphatic carbocycles. The lowest BCUT2D eigenvalue weighted by molar-refractivity contribution is -0.193. The number of rotatable bonds is 8. The molecule has 3 atom stereocenters. The maximum atomic E-state index is 12.4. The van der Waals surface area contributed by atoms with Gasteiger partial charge in [-0.15, -0.1) is 0 Å². The molecule has 1 aliphatic heterocycles. The van der Waals surface area contributed by atoms with Gasteiger partial charge in [0.25, 0.3) is 0 Å². The number of carboxylic acid groups (broad SMARTS) is 2. The Morgan fingerprint density at radius 2 is 1.55 bits per heavy atom. The highest BCUT2D eigenvalue weighted by Crippen LogP contribution is 2.49. The van der Waals surface area contributed by atoms with Gasteiger partial charge in [-0.3, -0.25) is 14.7 Å². The van der Waals surface area contributed by atoms with Gasteiger partial charge in [0.1, 0.15) is 6.61 Å². The van der Waals surface area contributed by atoms with Crippen LogP contribution in [0, 0.1) is 5.92 Å². The summed E-state index contributed by atoms with van der Waals surface area (Å²) in [7, 11) is 1.62. The zero-order valence-corrected chi connectivity index (χ0v) is 22.2. The topological polar surface area (TPSA) is 138 Å². The van der Waals surface area contributed by atoms with Gasteiger partial charge in [-0.1, -0.05) is 30.3 Å². The first kappa shape index (κ1) is 34.4. The summed E-state index contributed by atoms with van der Waals surface area (Å²) in [5.74, 6) is -4.74. The minimum atomic E-state index is -5.08. The number of pyridine rings is 1. The van der Waals surface area contributed by atoms with Crippen LogP contribution >= 0.6 is 0 Å². The van der Waals surface area contributed by atoms with Crippen LogP contribution in [0.25, 0.3) is 0 Å². The third kappa shape index (κ3) is 10.6. The van der Waals surface area contributed by atoms with Crippen molar-refractivity contribution in [3.8, 4) is 0 Å². The van der Waals surface area contributed by atoms with Crippen molar-refractivity contribution in [2.45, 2.75) is 30.9 Å². The molecule has 1 fully saturated rings. The van der Waals surface area contributed by atoms with Gasteiger partial charge >= 0.3 is 24.3 Å². The summed E-state index contributed by atoms with van der Waals surface area (Å²) in [5.41, 5.74) is 3.85. The number of aliphatic carboxylic acids is 2. The number of carbonyl (C=O) groups excluding carboxylic acids is 1. The molecule has 1 saturated heterocycles. The summed E-state index contributed by atoms with van der Waals surface area (Å²) in [6.07, 6.45) is -6.43. The Balaban J connectivity index is 0.000000367. The number of nitrogens with zero attached hydrogens (tertiary/aromatic N) is 2. The van der Waals surface area contributed by atoms with Crippen molar-refractivity contribution >= 4 is 17.8 Å². The Morgan fingerprint density at radius 1 is 0.952 bits per heavy atom. The molecule has 10 nitrogen and oxygen atoms in total. The number of hydrogen-bond donors (Lipinski definition) is 3. The molecule has 2 aliphatic rings. The number of carboxylic acids is 2. The fourth-order valence-corrected chi connectivity index (χ4v) is 4.53. The molecule has 0 unspecified atom stereocenters. The molecule has 1 amide bonds. The van der Waals surface area contributed by atoms with Gasteiger partial charge in [0.05, 0.1) is 19.3 Å². The van der Waals surface area contributed by atoms with E-state index < -0.39 is 24.3 Å². The van der Waals surface area contributed by atoms with Gasteiger partial charge in [0.2, 0.25) is 5.91 Å². The highest BCUT2D eigenvalue weighted by Gasteiger charge is 2.46. The number of amides is 1. The van der Waals surface area contributed by atoms with Crippen molar-refractivity contribution in [1.29, 1.82) is 0 Å². The van der Waals surface area contributed by atoms with Gasteiger partial charge in [-0.2, -0.15) is 26.3 Å². The quantitative estimate of drug-likeness (QED) is 0.304. The molecular formula is C26H29F6N3O7. The molecule has 2 heterocycles. The average molecular weight is 610 g/mol. The van der Waals surface area contributed by atoms with E-state index in [0.29, 0.717) is 25.0 Å². The highest BCUT2D eigenvalue weighted by molar-refractivity contribution is 5.78. The molecule has 3 N–H and O–H groups in total. The minimum absolute atomic E-state index is 0.0404. The number of likely N-dealkylation sites (tertiary alicyclic amines) is 1. The van der Waals surface area contributed by atoms with Crippen LogP contribution in [0.15, 0.2) is 48.8 Å². The van der Waals surface area contributed by atoms with Crippen LogP contribution < -0.4 is 5.32 Å². The Labute approximate surface area is 236 Å². The van der Waals surface area contributed by atoms with E-state index in [4.69, 9.17) is 29.3 Å². The van der Waals surface area contributed by atoms with Gasteiger partial charge < -0.3 is 25.0 Å². The van der Waals surface area contributed by atoms with Crippen LogP contribution in [0.3, 0.4) is 0 Å². The zero-order valence-electron chi connectivity index (χ0n) is 22.2. The van der Waals surface area contributed by atoms with Gasteiger partial charge in [-0.25, -0.2) is 9.59 Å². The second-order valence-electron chi connectivity index (χ2n) is 9.15. The maximum absolute atomic E-state index is 12.4. The third-order valence-corrected chi connectivity index (χ3v) is 6.19. The first-order chi connectivity index (χ1) is 19.6. The number of nitrogens with one attached hydrogen (secondary N) is 1. The lowest BCUT2D eigenvalue weighted by atomic mass is 9.94. The monoisotopic (exact) mass is 609 g/mol. The van der Waals surface area contributed by atoms with E-state index in [1.807, 2.05) is 12.3 Å². The summed E-state index contributed by atoms with van der Waals surface area (Å²) in [5, 5.41) is 17.5. The van der Waals surface area contributed by atoms with E-state index >= 15 is 0 Å². The third-order valence-electron chi connectivity index (χ3n) is 6.19. The molecular weight excluding hydrogens is 580 g/mol. The van der Waals surface area contributed by atoms with Gasteiger partial charge in [0.15, 0.2) is 0 Å². The minimum Gasteiger partial charge on any atom is -0.475 e. The Kier molecular flexibility index (Phi) is 12.7. The molecule has 232 valence electrons. The SMILES string of the molecule is COCCOCC(=O)N[C@@H]1c2ccccc2[C@@H]2CN(Cc3cccnc3)C[C@H]12.O=C(O)C(F)(F)F.O=C(O)C(F)(F)F. The smallest absolute Gasteiger partial charge is 0.475 e. The van der Waals surface area contributed by atoms with Crippen LogP contribution in [0.4, 0.5) is 26.3 Å². The second kappa shape index (κ2) is 15.5. The first-order valence-electron chi connectivity index (χ1n) is 12.3. The van der Waals surface area contributed by atoms with Crippen LogP contribution in [0.2, 0.25) is 0 Å². The van der Waals surface area contributed by atoms with Crippen LogP contribution in [-0.2, 0) is 30.4 Å². The Bertz CT molecular complexity index is 1160. The lowest BCUT2D eigenvalue weighted by Gasteiger charge is -2.23. The number of hydrogen-bond acceptors (Lipinski definition) is 7. The maximum Gasteiger partial charge on any atom is 0.490 e. The highest BCUT2D eigenvalue weighted by atomic mass is 19.4. The number of ether oxygens (including phenoxy) is 2. The molecule has 0 spiro atoms. The predicted octanol–water partition coefficient (Wildman–Crippen LogP) is 3.40. The molecule has 2 aromatic rings. The number of benzene rings is 1. The van der Waals surface area contributed by atoms with E-state index in [0.717, 1.165) is 19.6 Å². The number of fused-ring (bicyclic) bond motifs is 3. The summed E-state index contributed by atoms with van der Waals surface area (Å²) in [4.78, 5) is 36.9. The average Bonchev–Trinajstić information content (AvgIpc) is 3.44. The van der Waals surface area contributed by atoms with E-state index in [9.17, 15) is 31.1 Å². The fraction of sp³-hybridized carbons (Fsp3) is 0.462. The molecule has 0 saturated carbocycles. The largest absolute Gasteiger partial charge is 0.490 e. The Morgan fingerprint density at radius 3 is 2.07 bits per heavy atom. The molecule has 0 bridgehead atoms. The van der Waals surface area contributed by atoms with E-state index in [2.05, 4.69) is 45.5 Å². The van der Waals surface area contributed by atoms with Crippen molar-refractivity contribution in [1.82, 2.24) is 15.2 Å². The molecule has 42 heavy (non-hydrogen) atoms. The standard InChI is InChI=1S/C22H27N3O3.2C2HF3O2/c1-27-9-10-28-15-21(26)24-22-18-7-3-2-6-17(18)19-13-25(14-20(19)22)12-16-5-4-8-23-11-16;2*3-2(4,5)1(6)7/h2-8,11,19-20,22H,9-10,12-15H2,1H3,(H,24,26);2*(H,6,7)/t19-,20-,22+;;/m0../s1. The summed E-state index contributed by atoms with van der Waals surface area (Å²) in [6.45, 7) is 3.85. The summed E-state index contributed by atoms with van der Waals surface area (Å²) < 4.78 is 73.8. The molecule has 0 radical (unpaired) electrons. The van der Waals surface area contributed by atoms with Gasteiger partial charge in [0, 0.05) is 51.0 Å².